The number of anilines is 1. The van der Waals surface area contributed by atoms with Crippen molar-refractivity contribution in [2.75, 3.05) is 4.72 Å². The number of sulfonamides is 1. The summed E-state index contributed by atoms with van der Waals surface area (Å²) in [6, 6.07) is 15.3. The van der Waals surface area contributed by atoms with Gasteiger partial charge >= 0.3 is 18.1 Å². The molecule has 0 saturated carbocycles. The number of aliphatic hydroxyl groups excluding tert-OH is 3. The van der Waals surface area contributed by atoms with Crippen LogP contribution in [-0.4, -0.2) is 82.1 Å². The number of carbonyl (C=O) groups is 2. The number of aliphatic hydroxyl groups is 3. The number of pyridine rings is 1. The number of ether oxygens (including phenoxy) is 3. The molecule has 2 aliphatic heterocycles. The number of carbonyl (C=O) groups excluding carboxylic acids is 1. The number of hydrogen-bond donors (Lipinski definition) is 5. The summed E-state index contributed by atoms with van der Waals surface area (Å²) in [6.45, 7) is 2.56. The first-order valence-electron chi connectivity index (χ1n) is 18.7. The maximum Gasteiger partial charge on any atom is 0.417 e. The van der Waals surface area contributed by atoms with Gasteiger partial charge < -0.3 is 34.6 Å². The molecule has 2 aliphatic rings. The quantitative estimate of drug-likeness (QED) is 0.142. The summed E-state index contributed by atoms with van der Waals surface area (Å²) in [5.41, 5.74) is -3.07. The van der Waals surface area contributed by atoms with Crippen LogP contribution >= 0.6 is 0 Å². The van der Waals surface area contributed by atoms with E-state index in [-0.39, 0.29) is 36.1 Å². The number of benzene rings is 2. The van der Waals surface area contributed by atoms with Crippen LogP contribution in [0.1, 0.15) is 73.9 Å². The number of carboxylic acids is 1. The van der Waals surface area contributed by atoms with Crippen LogP contribution in [0.3, 0.4) is 0 Å². The number of aliphatic carboxylic acids is 1. The summed E-state index contributed by atoms with van der Waals surface area (Å²) in [7, 11) is -4.56. The van der Waals surface area contributed by atoms with E-state index < -0.39 is 106 Å². The topological polar surface area (TPSA) is 202 Å². The fourth-order valence-corrected chi connectivity index (χ4v) is 7.28. The molecule has 0 amide bonds. The van der Waals surface area contributed by atoms with Crippen LogP contribution in [0.15, 0.2) is 89.3 Å². The zero-order valence-corrected chi connectivity index (χ0v) is 29.7. The maximum atomic E-state index is 14.5. The van der Waals surface area contributed by atoms with Gasteiger partial charge in [-0.1, -0.05) is 62.7 Å². The Bertz CT molecular complexity index is 2120. The second-order valence-corrected chi connectivity index (χ2v) is 14.3. The van der Waals surface area contributed by atoms with Gasteiger partial charge in [0, 0.05) is 29.7 Å². The number of esters is 1. The molecule has 17 heteroatoms. The summed E-state index contributed by atoms with van der Waals surface area (Å²) >= 11 is 0. The molecule has 0 aliphatic carbocycles. The van der Waals surface area contributed by atoms with E-state index in [2.05, 4.69) is 9.71 Å². The van der Waals surface area contributed by atoms with E-state index in [1.807, 2.05) is 0 Å². The third-order valence-corrected chi connectivity index (χ3v) is 10.3. The van der Waals surface area contributed by atoms with Crippen LogP contribution in [-0.2, 0) is 46.4 Å². The third-order valence-electron chi connectivity index (χ3n) is 8.98. The van der Waals surface area contributed by atoms with Gasteiger partial charge in [0.2, 0.25) is 6.29 Å². The molecule has 292 valence electrons. The van der Waals surface area contributed by atoms with Gasteiger partial charge in [0.05, 0.1) is 11.1 Å². The number of rotatable bonds is 14. The molecule has 3 heterocycles. The molecule has 0 radical (unpaired) electrons. The minimum atomic E-state index is -4.77. The monoisotopic (exact) mass is 782 g/mol. The smallest absolute Gasteiger partial charge is 0.417 e. The number of halogens is 3. The molecule has 2 aromatic carbocycles. The molecule has 3 aromatic rings. The zero-order valence-electron chi connectivity index (χ0n) is 32.9. The molecule has 5 rings (SSSR count). The van der Waals surface area contributed by atoms with Gasteiger partial charge in [0.1, 0.15) is 29.7 Å². The second kappa shape index (κ2) is 16.4. The average molecular weight is 783 g/mol. The van der Waals surface area contributed by atoms with Crippen LogP contribution in [0.5, 0.6) is 0 Å². The Balaban J connectivity index is 1.61. The number of nitrogens with zero attached hydrogens (tertiary/aromatic N) is 1. The number of aromatic nitrogens is 1. The van der Waals surface area contributed by atoms with Gasteiger partial charge in [0.15, 0.2) is 11.1 Å². The van der Waals surface area contributed by atoms with Crippen molar-refractivity contribution in [1.82, 2.24) is 4.98 Å². The fraction of sp³-hybridized carbons (Fsp3) is 0.432. The average Bonchev–Trinajstić information content (AvgIpc) is 3.15. The van der Waals surface area contributed by atoms with Crippen LogP contribution in [0.25, 0.3) is 0 Å². The van der Waals surface area contributed by atoms with Gasteiger partial charge in [-0.25, -0.2) is 14.6 Å². The van der Waals surface area contributed by atoms with Crippen LogP contribution < -0.4 is 4.72 Å². The molecule has 1 aromatic heterocycles. The van der Waals surface area contributed by atoms with Crippen molar-refractivity contribution in [3.05, 3.63) is 101 Å². The third kappa shape index (κ3) is 9.03. The number of carboxylic acid groups (broad SMARTS) is 1. The van der Waals surface area contributed by atoms with Gasteiger partial charge in [-0.3, -0.25) is 4.72 Å². The molecule has 1 saturated heterocycles. The molecule has 1 unspecified atom stereocenters. The Morgan fingerprint density at radius 1 is 1.07 bits per heavy atom. The lowest BCUT2D eigenvalue weighted by Crippen LogP contribution is -2.60. The van der Waals surface area contributed by atoms with E-state index in [1.54, 1.807) is 37.3 Å². The number of alkyl halides is 3. The van der Waals surface area contributed by atoms with Crippen molar-refractivity contribution >= 4 is 27.6 Å². The minimum absolute atomic E-state index is 0.0274. The summed E-state index contributed by atoms with van der Waals surface area (Å²) < 4.78 is 120. The molecule has 54 heavy (non-hydrogen) atoms. The lowest BCUT2D eigenvalue weighted by atomic mass is 9.79. The highest BCUT2D eigenvalue weighted by Gasteiger charge is 2.50. The van der Waals surface area contributed by atoms with E-state index in [0.29, 0.717) is 23.9 Å². The normalized spacial score (nSPS) is 27.1. The van der Waals surface area contributed by atoms with Gasteiger partial charge in [-0.05, 0) is 61.0 Å². The number of aryl methyl sites for hydroxylation is 1. The van der Waals surface area contributed by atoms with E-state index in [0.717, 1.165) is 6.92 Å². The predicted molar refractivity (Wildman–Crippen MR) is 185 cm³/mol. The van der Waals surface area contributed by atoms with Crippen molar-refractivity contribution < 1.29 is 71.3 Å². The fourth-order valence-electron chi connectivity index (χ4n) is 6.30. The van der Waals surface area contributed by atoms with Gasteiger partial charge in [0.25, 0.3) is 10.0 Å². The van der Waals surface area contributed by atoms with Crippen LogP contribution in [0.2, 0.25) is 0 Å². The van der Waals surface area contributed by atoms with E-state index >= 15 is 0 Å². The Morgan fingerprint density at radius 2 is 1.80 bits per heavy atom. The van der Waals surface area contributed by atoms with E-state index in [9.17, 15) is 51.6 Å². The summed E-state index contributed by atoms with van der Waals surface area (Å²) in [4.78, 5) is 29.8. The van der Waals surface area contributed by atoms with Crippen LogP contribution in [0, 0.1) is 0 Å². The highest BCUT2D eigenvalue weighted by molar-refractivity contribution is 7.92. The highest BCUT2D eigenvalue weighted by atomic mass is 32.2. The predicted octanol–water partition coefficient (Wildman–Crippen LogP) is 4.68. The Labute approximate surface area is 315 Å². The molecule has 0 bridgehead atoms. The van der Waals surface area contributed by atoms with Gasteiger partial charge in [-0.15, -0.1) is 0 Å². The molecule has 5 N–H and O–H groups in total. The number of cyclic esters (lactones) is 1. The second-order valence-electron chi connectivity index (χ2n) is 12.7. The van der Waals surface area contributed by atoms with E-state index in [1.165, 1.54) is 24.3 Å². The lowest BCUT2D eigenvalue weighted by Gasteiger charge is -2.43. The molecule has 1 fully saturated rings. The maximum absolute atomic E-state index is 14.5. The molecular formula is C37H41F3N2O11S. The van der Waals surface area contributed by atoms with Crippen molar-refractivity contribution in [1.29, 1.82) is 0 Å². The van der Waals surface area contributed by atoms with Crippen molar-refractivity contribution in [2.45, 2.75) is 106 Å². The Kier molecular flexibility index (Phi) is 10.7. The largest absolute Gasteiger partial charge is 0.479 e. The SMILES string of the molecule is [2H]C([2H])(C)C([2H])([2H])[C@@]1(CCc2ccccc2)CC(O[C@@H]2OC(C(=O)O)[C@@H](O)[C@H](O)[C@@H]2O)=C([C@H](CC)c2cccc(NS(=O)(=O)c3ccc(C(F)(F)F)cn3)c2)C(=O)O1. The summed E-state index contributed by atoms with van der Waals surface area (Å²) in [5.74, 6) is -4.50. The molecule has 0 spiro atoms. The Hall–Kier alpha value is -4.55. The van der Waals surface area contributed by atoms with Crippen molar-refractivity contribution in [3.63, 3.8) is 0 Å². The first kappa shape index (κ1) is 35.2. The van der Waals surface area contributed by atoms with Gasteiger partial charge in [-0.2, -0.15) is 21.6 Å². The number of nitrogens with one attached hydrogen (secondary N) is 1. The first-order chi connectivity index (χ1) is 26.9. The minimum Gasteiger partial charge on any atom is -0.479 e. The standard InChI is InChI=1S/C37H41F3N2O11S/c1-3-16-36(17-15-21-9-6-5-7-10-21)19-26(51-35-31(45)29(43)30(44)32(52-35)33(46)47)28(34(48)53-36)25(4-2)22-11-8-12-24(18-22)42-54(49,50)27-14-13-23(20-41-27)37(38,39)40/h5-14,18,20,25,29-32,35,42-45H,3-4,15-17,19H2,1-2H3,(H,46,47)/t25-,29+,30+,31+,32?,35-,36-/m1/s1/i3D2,16D2. The molecular weight excluding hydrogens is 737 g/mol. The van der Waals surface area contributed by atoms with Crippen molar-refractivity contribution in [2.24, 2.45) is 0 Å². The summed E-state index contributed by atoms with van der Waals surface area (Å²) in [5, 5.41) is 40.7. The molecule has 7 atom stereocenters. The lowest BCUT2D eigenvalue weighted by molar-refractivity contribution is -0.287. The van der Waals surface area contributed by atoms with E-state index in [4.69, 9.17) is 19.7 Å². The first-order valence-corrected chi connectivity index (χ1v) is 18.2. The zero-order chi connectivity index (χ0) is 43.0. The Morgan fingerprint density at radius 3 is 2.41 bits per heavy atom. The molecule has 13 nitrogen and oxygen atoms in total. The highest BCUT2D eigenvalue weighted by Crippen LogP contribution is 2.44. The van der Waals surface area contributed by atoms with Crippen molar-refractivity contribution in [3.8, 4) is 0 Å². The summed E-state index contributed by atoms with van der Waals surface area (Å²) in [6.07, 6.45) is -21.6. The van der Waals surface area contributed by atoms with Crippen LogP contribution in [0.4, 0.5) is 18.9 Å². The number of hydrogen-bond acceptors (Lipinski definition) is 11.